The minimum atomic E-state index is -4.70. The van der Waals surface area contributed by atoms with Crippen LogP contribution in [0, 0.1) is 0 Å². The molecule has 274 valence electrons. The summed E-state index contributed by atoms with van der Waals surface area (Å²) in [6, 6.07) is 21.4. The Morgan fingerprint density at radius 3 is 2.25 bits per heavy atom. The van der Waals surface area contributed by atoms with Crippen LogP contribution < -0.4 is 30.1 Å². The second-order valence-electron chi connectivity index (χ2n) is 12.6. The van der Waals surface area contributed by atoms with Gasteiger partial charge in [-0.05, 0) is 59.7 Å². The summed E-state index contributed by atoms with van der Waals surface area (Å²) in [5.41, 5.74) is 3.38. The monoisotopic (exact) mass is 737 g/mol. The molecule has 3 aromatic carbocycles. The molecular formula is C35H38F3N9O4S. The van der Waals surface area contributed by atoms with Gasteiger partial charge in [-0.3, -0.25) is 24.2 Å². The van der Waals surface area contributed by atoms with Crippen molar-refractivity contribution in [3.8, 4) is 0 Å². The van der Waals surface area contributed by atoms with Crippen LogP contribution in [0.3, 0.4) is 0 Å². The van der Waals surface area contributed by atoms with Crippen LogP contribution in [0.25, 0.3) is 0 Å². The molecule has 2 saturated heterocycles. The van der Waals surface area contributed by atoms with Crippen LogP contribution >= 0.6 is 0 Å². The number of rotatable bonds is 11. The lowest BCUT2D eigenvalue weighted by atomic mass is 10.1. The maximum Gasteiger partial charge on any atom is 0.421 e. The Labute approximate surface area is 299 Å². The highest BCUT2D eigenvalue weighted by Crippen LogP contribution is 2.34. The largest absolute Gasteiger partial charge is 0.421 e. The zero-order chi connectivity index (χ0) is 37.0. The number of aromatic nitrogens is 2. The second-order valence-corrected chi connectivity index (χ2v) is 14.6. The zero-order valence-electron chi connectivity index (χ0n) is 28.5. The summed E-state index contributed by atoms with van der Waals surface area (Å²) in [4.78, 5) is 37.8. The van der Waals surface area contributed by atoms with Crippen LogP contribution in [-0.2, 0) is 34.1 Å². The van der Waals surface area contributed by atoms with Gasteiger partial charge in [-0.25, -0.2) is 18.2 Å². The summed E-state index contributed by atoms with van der Waals surface area (Å²) < 4.78 is 66.5. The topological polar surface area (TPSA) is 143 Å². The van der Waals surface area contributed by atoms with E-state index in [2.05, 4.69) is 35.7 Å². The van der Waals surface area contributed by atoms with Crippen LogP contribution in [0.1, 0.15) is 23.1 Å². The molecule has 0 saturated carbocycles. The van der Waals surface area contributed by atoms with Crippen molar-refractivity contribution in [3.63, 3.8) is 0 Å². The minimum Gasteiger partial charge on any atom is -0.369 e. The number of hydrogen-bond acceptors (Lipinski definition) is 10. The van der Waals surface area contributed by atoms with Gasteiger partial charge in [-0.2, -0.15) is 18.2 Å². The fourth-order valence-corrected chi connectivity index (χ4v) is 6.42. The van der Waals surface area contributed by atoms with Gasteiger partial charge < -0.3 is 15.5 Å². The predicted molar refractivity (Wildman–Crippen MR) is 193 cm³/mol. The highest BCUT2D eigenvalue weighted by atomic mass is 32.2. The van der Waals surface area contributed by atoms with Crippen LogP contribution in [-0.4, -0.2) is 81.3 Å². The molecule has 13 nitrogen and oxygen atoms in total. The van der Waals surface area contributed by atoms with Crippen molar-refractivity contribution in [2.24, 2.45) is 0 Å². The van der Waals surface area contributed by atoms with Crippen molar-refractivity contribution in [2.75, 3.05) is 70.8 Å². The number of halogens is 3. The first-order chi connectivity index (χ1) is 24.7. The summed E-state index contributed by atoms with van der Waals surface area (Å²) in [7, 11) is -2.12. The SMILES string of the molecule is CN(c1cccc(CNc2nc(Nc3ccc(N4CCN(Cc5ccc(N6CCC(=O)NC6=O)cc5)CC4)cc3)ncc2C(F)(F)F)c1)S(C)(=O)=O. The summed E-state index contributed by atoms with van der Waals surface area (Å²) in [6.07, 6.45) is -2.64. The number of piperazine rings is 1. The maximum absolute atomic E-state index is 13.8. The van der Waals surface area contributed by atoms with Crippen LogP contribution in [0.2, 0.25) is 0 Å². The number of benzene rings is 3. The number of sulfonamides is 1. The fraction of sp³-hybridized carbons (Fsp3) is 0.314. The molecule has 17 heteroatoms. The average molecular weight is 738 g/mol. The molecule has 2 aliphatic heterocycles. The van der Waals surface area contributed by atoms with E-state index in [0.29, 0.717) is 23.5 Å². The number of amides is 3. The molecule has 0 spiro atoms. The molecule has 0 unspecified atom stereocenters. The van der Waals surface area contributed by atoms with E-state index in [1.165, 1.54) is 7.05 Å². The van der Waals surface area contributed by atoms with Crippen LogP contribution in [0.5, 0.6) is 0 Å². The summed E-state index contributed by atoms with van der Waals surface area (Å²) >= 11 is 0. The Hall–Kier alpha value is -5.42. The van der Waals surface area contributed by atoms with Gasteiger partial charge in [0.25, 0.3) is 0 Å². The number of imide groups is 1. The van der Waals surface area contributed by atoms with Gasteiger partial charge in [0.2, 0.25) is 21.9 Å². The number of anilines is 6. The van der Waals surface area contributed by atoms with Crippen molar-refractivity contribution in [2.45, 2.75) is 25.7 Å². The van der Waals surface area contributed by atoms with Gasteiger partial charge in [0.15, 0.2) is 0 Å². The molecule has 1 aromatic heterocycles. The third-order valence-corrected chi connectivity index (χ3v) is 10.1. The number of nitrogens with one attached hydrogen (secondary N) is 3. The van der Waals surface area contributed by atoms with E-state index in [0.717, 1.165) is 66.4 Å². The molecule has 3 amide bonds. The van der Waals surface area contributed by atoms with E-state index < -0.39 is 33.6 Å². The third kappa shape index (κ3) is 8.89. The van der Waals surface area contributed by atoms with Crippen LogP contribution in [0.4, 0.5) is 52.5 Å². The molecule has 0 atom stereocenters. The van der Waals surface area contributed by atoms with E-state index in [9.17, 15) is 31.2 Å². The van der Waals surface area contributed by atoms with E-state index in [4.69, 9.17) is 0 Å². The van der Waals surface area contributed by atoms with Crippen molar-refractivity contribution >= 4 is 56.5 Å². The number of alkyl halides is 3. The summed E-state index contributed by atoms with van der Waals surface area (Å²) in [6.45, 7) is 4.37. The van der Waals surface area contributed by atoms with Crippen molar-refractivity contribution in [3.05, 3.63) is 95.7 Å². The Balaban J connectivity index is 1.04. The Bertz CT molecular complexity index is 2020. The molecule has 3 heterocycles. The highest BCUT2D eigenvalue weighted by molar-refractivity contribution is 7.92. The molecule has 52 heavy (non-hydrogen) atoms. The van der Waals surface area contributed by atoms with Crippen molar-refractivity contribution in [1.29, 1.82) is 0 Å². The average Bonchev–Trinajstić information content (AvgIpc) is 3.11. The minimum absolute atomic E-state index is 0.0234. The van der Waals surface area contributed by atoms with Crippen molar-refractivity contribution in [1.82, 2.24) is 20.2 Å². The Morgan fingerprint density at radius 1 is 0.904 bits per heavy atom. The van der Waals surface area contributed by atoms with E-state index in [-0.39, 0.29) is 24.8 Å². The first-order valence-corrected chi connectivity index (χ1v) is 18.3. The van der Waals surface area contributed by atoms with E-state index in [1.807, 2.05) is 48.5 Å². The lowest BCUT2D eigenvalue weighted by Gasteiger charge is -2.36. The van der Waals surface area contributed by atoms with Gasteiger partial charge in [0.05, 0.1) is 11.9 Å². The predicted octanol–water partition coefficient (Wildman–Crippen LogP) is 5.02. The van der Waals surface area contributed by atoms with Crippen LogP contribution in [0.15, 0.2) is 79.0 Å². The highest BCUT2D eigenvalue weighted by Gasteiger charge is 2.35. The quantitative estimate of drug-likeness (QED) is 0.192. The second kappa shape index (κ2) is 15.1. The normalized spacial score (nSPS) is 15.7. The molecule has 2 fully saturated rings. The fourth-order valence-electron chi connectivity index (χ4n) is 5.92. The van der Waals surface area contributed by atoms with Crippen molar-refractivity contribution < 1.29 is 31.2 Å². The molecule has 0 radical (unpaired) electrons. The Morgan fingerprint density at radius 2 is 1.60 bits per heavy atom. The number of hydrogen-bond donors (Lipinski definition) is 3. The van der Waals surface area contributed by atoms with E-state index >= 15 is 0 Å². The lowest BCUT2D eigenvalue weighted by Crippen LogP contribution is -2.49. The van der Waals surface area contributed by atoms with Gasteiger partial charge in [0, 0.05) is 82.5 Å². The third-order valence-electron chi connectivity index (χ3n) is 8.89. The molecule has 0 bridgehead atoms. The maximum atomic E-state index is 13.8. The standard InChI is InChI=1S/C35H38F3N9O4S/c1-44(52(2,50)51)29-5-3-4-25(20-29)21-39-32-30(35(36,37)38)22-40-33(43-32)41-26-8-12-27(13-9-26)46-18-16-45(17-19-46)23-24-6-10-28(11-7-24)47-15-14-31(48)42-34(47)49/h3-13,20,22H,14-19,21,23H2,1-2H3,(H,42,48,49)(H2,39,40,41,43). The molecule has 2 aliphatic rings. The van der Waals surface area contributed by atoms with Gasteiger partial charge in [-0.15, -0.1) is 0 Å². The molecule has 0 aliphatic carbocycles. The number of nitrogens with zero attached hydrogens (tertiary/aromatic N) is 6. The summed E-state index contributed by atoms with van der Waals surface area (Å²) in [5.74, 6) is -0.699. The first kappa shape index (κ1) is 36.4. The molecule has 6 rings (SSSR count). The smallest absolute Gasteiger partial charge is 0.369 e. The first-order valence-electron chi connectivity index (χ1n) is 16.5. The van der Waals surface area contributed by atoms with Gasteiger partial charge >= 0.3 is 12.2 Å². The molecule has 4 aromatic rings. The molecular weight excluding hydrogens is 700 g/mol. The van der Waals surface area contributed by atoms with Gasteiger partial charge in [0.1, 0.15) is 11.4 Å². The summed E-state index contributed by atoms with van der Waals surface area (Å²) in [5, 5.41) is 8.07. The lowest BCUT2D eigenvalue weighted by molar-refractivity contribution is -0.137. The van der Waals surface area contributed by atoms with Gasteiger partial charge in [-0.1, -0.05) is 24.3 Å². The number of carbonyl (C=O) groups is 2. The molecule has 3 N–H and O–H groups in total. The van der Waals surface area contributed by atoms with E-state index in [1.54, 1.807) is 29.2 Å². The number of urea groups is 1. The zero-order valence-corrected chi connectivity index (χ0v) is 29.3. The Kier molecular flexibility index (Phi) is 10.5. The number of carbonyl (C=O) groups excluding carboxylic acids is 2.